The monoisotopic (exact) mass is 768 g/mol. The van der Waals surface area contributed by atoms with Gasteiger partial charge in [0.1, 0.15) is 11.2 Å². The number of nitrogens with zero attached hydrogens (tertiary/aromatic N) is 6. The van der Waals surface area contributed by atoms with E-state index in [1.165, 1.54) is 0 Å². The van der Waals surface area contributed by atoms with E-state index >= 15 is 0 Å². The fourth-order valence-corrected chi connectivity index (χ4v) is 5.91. The van der Waals surface area contributed by atoms with Crippen LogP contribution in [0.25, 0.3) is 34.2 Å². The predicted molar refractivity (Wildman–Crippen MR) is 192 cm³/mol. The van der Waals surface area contributed by atoms with Crippen LogP contribution < -0.4 is 0 Å². The molecule has 0 atom stereocenters. The maximum Gasteiger partial charge on any atom is 0.509 e. The van der Waals surface area contributed by atoms with E-state index in [0.717, 1.165) is 42.8 Å². The summed E-state index contributed by atoms with van der Waals surface area (Å²) in [5, 5.41) is 9.73. The highest BCUT2D eigenvalue weighted by atomic mass is 79.9. The summed E-state index contributed by atoms with van der Waals surface area (Å²) in [4.78, 5) is 22.4. The lowest BCUT2D eigenvalue weighted by Crippen LogP contribution is -2.37. The molecule has 11 heteroatoms. The van der Waals surface area contributed by atoms with Crippen LogP contribution in [0.1, 0.15) is 39.1 Å². The Hall–Kier alpha value is -4.61. The Morgan fingerprint density at radius 1 is 0.625 bits per heavy atom. The maximum absolute atomic E-state index is 13.4. The van der Waals surface area contributed by atoms with Crippen LogP contribution in [0.15, 0.2) is 118 Å². The summed E-state index contributed by atoms with van der Waals surface area (Å²) in [5.74, 6) is 1.34. The van der Waals surface area contributed by atoms with Crippen molar-refractivity contribution in [2.24, 2.45) is 0 Å². The van der Waals surface area contributed by atoms with Gasteiger partial charge in [-0.25, -0.2) is 24.1 Å². The quantitative estimate of drug-likeness (QED) is 0.128. The molecule has 4 aromatic heterocycles. The van der Waals surface area contributed by atoms with E-state index in [1.807, 2.05) is 125 Å². The Kier molecular flexibility index (Phi) is 9.61. The summed E-state index contributed by atoms with van der Waals surface area (Å²) < 4.78 is 17.5. The van der Waals surface area contributed by atoms with Crippen LogP contribution in [0, 0.1) is 0 Å². The molecule has 0 fully saturated rings. The van der Waals surface area contributed by atoms with E-state index in [-0.39, 0.29) is 0 Å². The van der Waals surface area contributed by atoms with Gasteiger partial charge >= 0.3 is 6.16 Å². The maximum atomic E-state index is 13.4. The molecule has 6 aromatic rings. The third-order valence-electron chi connectivity index (χ3n) is 7.51. The second kappa shape index (κ2) is 13.9. The molecule has 0 bridgehead atoms. The molecule has 2 aromatic carbocycles. The first-order valence-electron chi connectivity index (χ1n) is 15.4. The molecule has 0 radical (unpaired) electrons. The van der Waals surface area contributed by atoms with Crippen molar-refractivity contribution in [3.05, 3.63) is 130 Å². The van der Waals surface area contributed by atoms with Crippen LogP contribution in [0.4, 0.5) is 4.79 Å². The Labute approximate surface area is 296 Å². The number of rotatable bonds is 10. The van der Waals surface area contributed by atoms with Gasteiger partial charge < -0.3 is 9.47 Å². The average Bonchev–Trinajstić information content (AvgIpc) is 3.65. The Morgan fingerprint density at radius 2 is 1.02 bits per heavy atom. The molecule has 0 aliphatic heterocycles. The highest BCUT2D eigenvalue weighted by molar-refractivity contribution is 9.10. The normalized spacial score (nSPS) is 11.8. The number of pyridine rings is 2. The fraction of sp³-hybridized carbons (Fsp3) is 0.216. The number of ether oxygens (including phenoxy) is 2. The zero-order chi connectivity index (χ0) is 33.9. The molecule has 9 nitrogen and oxygen atoms in total. The summed E-state index contributed by atoms with van der Waals surface area (Å²) in [6, 6.07) is 31.2. The molecule has 0 N–H and O–H groups in total. The Morgan fingerprint density at radius 3 is 1.38 bits per heavy atom. The van der Waals surface area contributed by atoms with Crippen LogP contribution in [0.5, 0.6) is 0 Å². The van der Waals surface area contributed by atoms with E-state index in [0.29, 0.717) is 24.5 Å². The molecule has 244 valence electrons. The van der Waals surface area contributed by atoms with Gasteiger partial charge in [0.15, 0.2) is 11.6 Å². The first kappa shape index (κ1) is 33.3. The molecular weight excluding hydrogens is 736 g/mol. The molecule has 0 aliphatic carbocycles. The molecular formula is C37H34Br2N6O3. The van der Waals surface area contributed by atoms with Gasteiger partial charge in [0.25, 0.3) is 0 Å². The van der Waals surface area contributed by atoms with Gasteiger partial charge in [-0.05, 0) is 88.4 Å². The van der Waals surface area contributed by atoms with Gasteiger partial charge in [-0.3, -0.25) is 0 Å². The minimum atomic E-state index is -0.929. The molecule has 0 saturated carbocycles. The second-order valence-electron chi connectivity index (χ2n) is 12.6. The number of aromatic nitrogens is 6. The molecule has 0 saturated heterocycles. The summed E-state index contributed by atoms with van der Waals surface area (Å²) >= 11 is 7.00. The minimum absolute atomic E-state index is 0.367. The Bertz CT molecular complexity index is 1860. The van der Waals surface area contributed by atoms with Crippen molar-refractivity contribution in [2.45, 2.75) is 51.7 Å². The van der Waals surface area contributed by atoms with Crippen LogP contribution in [-0.2, 0) is 22.3 Å². The van der Waals surface area contributed by atoms with Crippen LogP contribution in [0.3, 0.4) is 0 Å². The fourth-order valence-electron chi connectivity index (χ4n) is 5.39. The van der Waals surface area contributed by atoms with Crippen molar-refractivity contribution < 1.29 is 14.3 Å². The second-order valence-corrected chi connectivity index (χ2v) is 14.4. The zero-order valence-corrected chi connectivity index (χ0v) is 30.1. The van der Waals surface area contributed by atoms with Crippen LogP contribution >= 0.6 is 31.9 Å². The van der Waals surface area contributed by atoms with Gasteiger partial charge in [-0.1, -0.05) is 68.3 Å². The van der Waals surface area contributed by atoms with Gasteiger partial charge in [-0.2, -0.15) is 10.2 Å². The summed E-state index contributed by atoms with van der Waals surface area (Å²) in [6.45, 7) is 7.43. The standard InChI is InChI=1S/C37H34Br2N6O3/c1-36(2,23-29-21-31(25-11-15-27(38)16-12-25)42-44(29)33-9-5-7-19-40-33)47-35(46)48-37(3,4)24-30-22-32(26-13-17-28(39)18-14-26)43-45(30)34-10-6-8-20-41-34/h5-22H,23-24H2,1-4H3. The third-order valence-corrected chi connectivity index (χ3v) is 8.57. The van der Waals surface area contributed by atoms with Crippen molar-refractivity contribution in [3.8, 4) is 34.2 Å². The number of hydrogen-bond acceptors (Lipinski definition) is 7. The van der Waals surface area contributed by atoms with Crippen molar-refractivity contribution in [2.75, 3.05) is 0 Å². The molecule has 6 rings (SSSR count). The molecule has 0 spiro atoms. The Balaban J connectivity index is 1.20. The number of hydrogen-bond donors (Lipinski definition) is 0. The van der Waals surface area contributed by atoms with Crippen LogP contribution in [0.2, 0.25) is 0 Å². The van der Waals surface area contributed by atoms with Gasteiger partial charge in [0.05, 0.1) is 22.8 Å². The molecule has 48 heavy (non-hydrogen) atoms. The highest BCUT2D eigenvalue weighted by Gasteiger charge is 2.32. The zero-order valence-electron chi connectivity index (χ0n) is 27.0. The predicted octanol–water partition coefficient (Wildman–Crippen LogP) is 9.20. The number of carbonyl (C=O) groups is 1. The van der Waals surface area contributed by atoms with Crippen molar-refractivity contribution in [1.82, 2.24) is 29.5 Å². The van der Waals surface area contributed by atoms with E-state index in [1.54, 1.807) is 21.8 Å². The van der Waals surface area contributed by atoms with E-state index in [4.69, 9.17) is 19.7 Å². The summed E-state index contributed by atoms with van der Waals surface area (Å²) in [6.07, 6.45) is 3.42. The van der Waals surface area contributed by atoms with Crippen molar-refractivity contribution in [3.63, 3.8) is 0 Å². The molecule has 0 aliphatic rings. The first-order valence-corrected chi connectivity index (χ1v) is 17.0. The smallest absolute Gasteiger partial charge is 0.428 e. The average molecular weight is 771 g/mol. The molecule has 4 heterocycles. The lowest BCUT2D eigenvalue weighted by molar-refractivity contribution is -0.0589. The highest BCUT2D eigenvalue weighted by Crippen LogP contribution is 2.29. The van der Waals surface area contributed by atoms with E-state index < -0.39 is 17.4 Å². The molecule has 0 amide bonds. The molecule has 0 unspecified atom stereocenters. The van der Waals surface area contributed by atoms with E-state index in [9.17, 15) is 4.79 Å². The first-order chi connectivity index (χ1) is 22.9. The lowest BCUT2D eigenvalue weighted by atomic mass is 10.0. The third kappa shape index (κ3) is 8.08. The number of halogens is 2. The van der Waals surface area contributed by atoms with E-state index in [2.05, 4.69) is 41.8 Å². The largest absolute Gasteiger partial charge is 0.509 e. The lowest BCUT2D eigenvalue weighted by Gasteiger charge is -2.29. The van der Waals surface area contributed by atoms with Crippen LogP contribution in [-0.4, -0.2) is 46.9 Å². The van der Waals surface area contributed by atoms with Gasteiger partial charge in [-0.15, -0.1) is 0 Å². The topological polar surface area (TPSA) is 97.0 Å². The number of benzene rings is 2. The summed E-state index contributed by atoms with van der Waals surface area (Å²) in [7, 11) is 0. The van der Waals surface area contributed by atoms with Gasteiger partial charge in [0, 0.05) is 45.3 Å². The van der Waals surface area contributed by atoms with Gasteiger partial charge in [0.2, 0.25) is 0 Å². The summed E-state index contributed by atoms with van der Waals surface area (Å²) in [5.41, 5.74) is 3.31. The van der Waals surface area contributed by atoms with Crippen molar-refractivity contribution >= 4 is 38.0 Å². The SMILES string of the molecule is CC(C)(Cc1cc(-c2ccc(Br)cc2)nn1-c1ccccn1)OC(=O)OC(C)(C)Cc1cc(-c2ccc(Br)cc2)nn1-c1ccccn1. The number of carbonyl (C=O) groups excluding carboxylic acids is 1. The minimum Gasteiger partial charge on any atom is -0.428 e. The van der Waals surface area contributed by atoms with Crippen molar-refractivity contribution in [1.29, 1.82) is 0 Å².